The van der Waals surface area contributed by atoms with Crippen molar-refractivity contribution in [1.82, 2.24) is 0 Å². The highest BCUT2D eigenvalue weighted by Gasteiger charge is 2.23. The summed E-state index contributed by atoms with van der Waals surface area (Å²) in [6.07, 6.45) is -1.20. The van der Waals surface area contributed by atoms with Crippen molar-refractivity contribution in [3.8, 4) is 0 Å². The zero-order chi connectivity index (χ0) is 5.98. The summed E-state index contributed by atoms with van der Waals surface area (Å²) >= 11 is 0. The smallest absolute Gasteiger partial charge is 0.450 e. The lowest BCUT2D eigenvalue weighted by Crippen LogP contribution is -2.06. The Balaban J connectivity index is 1.95. The maximum Gasteiger partial charge on any atom is 0.505 e. The predicted molar refractivity (Wildman–Crippen MR) is 23.7 cm³/mol. The van der Waals surface area contributed by atoms with Gasteiger partial charge in [0.25, 0.3) is 0 Å². The lowest BCUT2D eigenvalue weighted by Gasteiger charge is -1.91. The number of carboxylic acid groups (broad SMARTS) is 1. The van der Waals surface area contributed by atoms with Crippen LogP contribution < -0.4 is 0 Å². The van der Waals surface area contributed by atoms with Crippen LogP contribution in [0.1, 0.15) is 0 Å². The lowest BCUT2D eigenvalue weighted by molar-refractivity contribution is 0.0848. The second-order valence-corrected chi connectivity index (χ2v) is 1.53. The summed E-state index contributed by atoms with van der Waals surface area (Å²) in [5.74, 6) is 0. The summed E-state index contributed by atoms with van der Waals surface area (Å²) in [5.41, 5.74) is 0. The van der Waals surface area contributed by atoms with Gasteiger partial charge in [-0.15, -0.1) is 0 Å². The number of hydrogen-bond acceptors (Lipinski definition) is 3. The molecule has 1 rings (SSSR count). The first-order valence-corrected chi connectivity index (χ1v) is 2.26. The molecule has 4 heteroatoms. The van der Waals surface area contributed by atoms with E-state index < -0.39 is 6.16 Å². The fourth-order valence-corrected chi connectivity index (χ4v) is 0.329. The van der Waals surface area contributed by atoms with E-state index in [1.165, 1.54) is 0 Å². The molecule has 1 heterocycles. The van der Waals surface area contributed by atoms with Crippen molar-refractivity contribution in [3.63, 3.8) is 0 Å². The van der Waals surface area contributed by atoms with Gasteiger partial charge in [0.1, 0.15) is 12.7 Å². The first-order chi connectivity index (χ1) is 3.79. The molecule has 0 aromatic heterocycles. The molecular weight excluding hydrogens is 112 g/mol. The second kappa shape index (κ2) is 2.00. The number of carbonyl (C=O) groups is 1. The molecule has 0 radical (unpaired) electrons. The van der Waals surface area contributed by atoms with E-state index in [2.05, 4.69) is 9.47 Å². The number of rotatable bonds is 2. The lowest BCUT2D eigenvalue weighted by atomic mass is 10.5. The van der Waals surface area contributed by atoms with Crippen LogP contribution >= 0.6 is 0 Å². The molecule has 8 heavy (non-hydrogen) atoms. The summed E-state index contributed by atoms with van der Waals surface area (Å²) in [4.78, 5) is 9.65. The molecule has 1 aliphatic heterocycles. The molecule has 46 valence electrons. The van der Waals surface area contributed by atoms with E-state index in [-0.39, 0.29) is 12.7 Å². The molecule has 0 bridgehead atoms. The van der Waals surface area contributed by atoms with Gasteiger partial charge in [0.05, 0.1) is 6.61 Å². The minimum absolute atomic E-state index is 0.0334. The van der Waals surface area contributed by atoms with Crippen LogP contribution in [0.2, 0.25) is 0 Å². The van der Waals surface area contributed by atoms with Crippen LogP contribution in [0.3, 0.4) is 0 Å². The maximum atomic E-state index is 9.65. The molecule has 1 N–H and O–H groups in total. The number of ether oxygens (including phenoxy) is 2. The minimum atomic E-state index is -1.24. The fraction of sp³-hybridized carbons (Fsp3) is 0.750. The van der Waals surface area contributed by atoms with Gasteiger partial charge in [0.2, 0.25) is 0 Å². The summed E-state index contributed by atoms with van der Waals surface area (Å²) in [6, 6.07) is 0. The Hall–Kier alpha value is -0.770. The van der Waals surface area contributed by atoms with Gasteiger partial charge in [0.15, 0.2) is 0 Å². The van der Waals surface area contributed by atoms with Crippen LogP contribution in [-0.2, 0) is 9.47 Å². The van der Waals surface area contributed by atoms with E-state index in [1.807, 2.05) is 0 Å². The Morgan fingerprint density at radius 1 is 2.00 bits per heavy atom. The van der Waals surface area contributed by atoms with Crippen molar-refractivity contribution >= 4 is 6.16 Å². The number of hydrogen-bond donors (Lipinski definition) is 1. The topological polar surface area (TPSA) is 59.1 Å². The van der Waals surface area contributed by atoms with E-state index in [9.17, 15) is 4.79 Å². The van der Waals surface area contributed by atoms with E-state index in [0.717, 1.165) is 0 Å². The van der Waals surface area contributed by atoms with Crippen molar-refractivity contribution in [3.05, 3.63) is 0 Å². The molecule has 0 aromatic carbocycles. The number of epoxide rings is 1. The summed E-state index contributed by atoms with van der Waals surface area (Å²) in [7, 11) is 0. The van der Waals surface area contributed by atoms with Gasteiger partial charge < -0.3 is 14.6 Å². The van der Waals surface area contributed by atoms with Gasteiger partial charge in [-0.05, 0) is 0 Å². The van der Waals surface area contributed by atoms with E-state index in [0.29, 0.717) is 6.61 Å². The Morgan fingerprint density at radius 2 is 2.62 bits per heavy atom. The Morgan fingerprint density at radius 3 is 3.00 bits per heavy atom. The van der Waals surface area contributed by atoms with Crippen LogP contribution in [-0.4, -0.2) is 30.6 Å². The van der Waals surface area contributed by atoms with Crippen molar-refractivity contribution in [2.75, 3.05) is 13.2 Å². The van der Waals surface area contributed by atoms with Gasteiger partial charge in [-0.3, -0.25) is 0 Å². The summed E-state index contributed by atoms with van der Waals surface area (Å²) < 4.78 is 8.83. The molecule has 0 amide bonds. The molecule has 1 fully saturated rings. The molecule has 0 spiro atoms. The third-order valence-corrected chi connectivity index (χ3v) is 0.795. The van der Waals surface area contributed by atoms with Crippen molar-refractivity contribution in [2.45, 2.75) is 6.10 Å². The van der Waals surface area contributed by atoms with Gasteiger partial charge >= 0.3 is 6.16 Å². The van der Waals surface area contributed by atoms with Crippen LogP contribution in [0.25, 0.3) is 0 Å². The molecular formula is C4H6O4. The second-order valence-electron chi connectivity index (χ2n) is 1.53. The third kappa shape index (κ3) is 1.79. The van der Waals surface area contributed by atoms with Crippen molar-refractivity contribution in [2.24, 2.45) is 0 Å². The SMILES string of the molecule is O=C(O)OC[C@@H]1CO1. The Bertz CT molecular complexity index is 96.2. The highest BCUT2D eigenvalue weighted by Crippen LogP contribution is 2.07. The van der Waals surface area contributed by atoms with Crippen molar-refractivity contribution < 1.29 is 19.4 Å². The molecule has 0 saturated carbocycles. The highest BCUT2D eigenvalue weighted by atomic mass is 16.7. The first-order valence-electron chi connectivity index (χ1n) is 2.26. The van der Waals surface area contributed by atoms with E-state index in [1.54, 1.807) is 0 Å². The first kappa shape index (κ1) is 5.37. The van der Waals surface area contributed by atoms with Crippen LogP contribution in [0.4, 0.5) is 4.79 Å². The molecule has 1 aliphatic rings. The zero-order valence-electron chi connectivity index (χ0n) is 4.16. The van der Waals surface area contributed by atoms with E-state index >= 15 is 0 Å². The summed E-state index contributed by atoms with van der Waals surface area (Å²) in [6.45, 7) is 0.808. The Kier molecular flexibility index (Phi) is 1.34. The molecule has 0 aliphatic carbocycles. The zero-order valence-corrected chi connectivity index (χ0v) is 4.16. The average molecular weight is 118 g/mol. The van der Waals surface area contributed by atoms with Gasteiger partial charge in [-0.1, -0.05) is 0 Å². The highest BCUT2D eigenvalue weighted by molar-refractivity contribution is 5.56. The fourth-order valence-electron chi connectivity index (χ4n) is 0.329. The van der Waals surface area contributed by atoms with Gasteiger partial charge in [0, 0.05) is 0 Å². The molecule has 0 aromatic rings. The minimum Gasteiger partial charge on any atom is -0.450 e. The molecule has 4 nitrogen and oxygen atoms in total. The largest absolute Gasteiger partial charge is 0.505 e. The Labute approximate surface area is 46.0 Å². The molecule has 1 saturated heterocycles. The third-order valence-electron chi connectivity index (χ3n) is 0.795. The predicted octanol–water partition coefficient (Wildman–Crippen LogP) is 0.0798. The van der Waals surface area contributed by atoms with Gasteiger partial charge in [-0.2, -0.15) is 0 Å². The van der Waals surface area contributed by atoms with Crippen LogP contribution in [0, 0.1) is 0 Å². The normalized spacial score (nSPS) is 24.8. The standard InChI is InChI=1S/C4H6O4/c5-4(6)8-2-3-1-7-3/h3H,1-2H2,(H,5,6)/t3-/m0/s1. The van der Waals surface area contributed by atoms with Crippen LogP contribution in [0.15, 0.2) is 0 Å². The van der Waals surface area contributed by atoms with Crippen molar-refractivity contribution in [1.29, 1.82) is 0 Å². The average Bonchev–Trinajstić information content (AvgIpc) is 2.41. The molecule has 1 atom stereocenters. The summed E-state index contributed by atoms with van der Waals surface area (Å²) in [5, 5.41) is 7.91. The van der Waals surface area contributed by atoms with Gasteiger partial charge in [-0.25, -0.2) is 4.79 Å². The van der Waals surface area contributed by atoms with E-state index in [4.69, 9.17) is 5.11 Å². The molecule has 0 unspecified atom stereocenters. The van der Waals surface area contributed by atoms with Crippen LogP contribution in [0.5, 0.6) is 0 Å². The maximum absolute atomic E-state index is 9.65. The monoisotopic (exact) mass is 118 g/mol. The quantitative estimate of drug-likeness (QED) is 0.412.